The zero-order chi connectivity index (χ0) is 16.7. The predicted molar refractivity (Wildman–Crippen MR) is 106 cm³/mol. The Labute approximate surface area is 164 Å². The molecule has 2 rings (SSSR count). The lowest BCUT2D eigenvalue weighted by Gasteiger charge is -2.38. The van der Waals surface area contributed by atoms with Gasteiger partial charge in [-0.3, -0.25) is 4.79 Å². The highest BCUT2D eigenvalue weighted by Gasteiger charge is 2.37. The van der Waals surface area contributed by atoms with Crippen LogP contribution in [0.1, 0.15) is 64.7 Å². The molecule has 3 N–H and O–H groups in total. The zero-order valence-electron chi connectivity index (χ0n) is 15.3. The summed E-state index contributed by atoms with van der Waals surface area (Å²) in [5.74, 6) is 0.440. The average molecular weight is 393 g/mol. The number of nitrogens with two attached hydrogens (primary N) is 1. The van der Waals surface area contributed by atoms with Crippen LogP contribution in [0, 0.1) is 17.2 Å². The first kappa shape index (κ1) is 24.5. The Morgan fingerprint density at radius 2 is 1.88 bits per heavy atom. The fraction of sp³-hybridized carbons (Fsp3) is 0.889. The van der Waals surface area contributed by atoms with E-state index in [9.17, 15) is 10.1 Å². The van der Waals surface area contributed by atoms with Gasteiger partial charge in [-0.25, -0.2) is 0 Å². The molecule has 0 aromatic carbocycles. The summed E-state index contributed by atoms with van der Waals surface area (Å²) in [5, 5.41) is 12.6. The summed E-state index contributed by atoms with van der Waals surface area (Å²) in [4.78, 5) is 14.8. The predicted octanol–water partition coefficient (Wildman–Crippen LogP) is 3.01. The van der Waals surface area contributed by atoms with Gasteiger partial charge in [0.25, 0.3) is 0 Å². The molecule has 1 saturated carbocycles. The molecule has 7 heteroatoms. The number of nitrogens with one attached hydrogen (secondary N) is 1. The van der Waals surface area contributed by atoms with Crippen molar-refractivity contribution in [3.63, 3.8) is 0 Å². The van der Waals surface area contributed by atoms with E-state index >= 15 is 0 Å². The molecule has 0 aromatic heterocycles. The van der Waals surface area contributed by atoms with Gasteiger partial charge < -0.3 is 16.0 Å². The van der Waals surface area contributed by atoms with E-state index in [-0.39, 0.29) is 30.7 Å². The number of hydrogen-bond donors (Lipinski definition) is 2. The molecule has 2 aliphatic rings. The Morgan fingerprint density at radius 1 is 1.28 bits per heavy atom. The van der Waals surface area contributed by atoms with Gasteiger partial charge in [0.05, 0.1) is 12.1 Å². The Morgan fingerprint density at radius 3 is 2.40 bits per heavy atom. The summed E-state index contributed by atoms with van der Waals surface area (Å²) >= 11 is 0. The van der Waals surface area contributed by atoms with Crippen molar-refractivity contribution in [3.8, 4) is 6.07 Å². The van der Waals surface area contributed by atoms with Gasteiger partial charge in [-0.15, -0.1) is 24.8 Å². The highest BCUT2D eigenvalue weighted by Crippen LogP contribution is 2.27. The summed E-state index contributed by atoms with van der Waals surface area (Å²) in [6, 6.07) is 1.88. The SMILES string of the molecule is CCCN1CCC(C#N)(NC(=O)C(N)CC2CCCCC2)CC1.Cl.Cl. The summed E-state index contributed by atoms with van der Waals surface area (Å²) in [6.45, 7) is 4.98. The Balaban J connectivity index is 0.00000288. The number of amides is 1. The van der Waals surface area contributed by atoms with Crippen LogP contribution in [-0.2, 0) is 4.79 Å². The molecule has 0 bridgehead atoms. The zero-order valence-corrected chi connectivity index (χ0v) is 17.0. The standard InChI is InChI=1S/C18H32N4O.2ClH/c1-2-10-22-11-8-18(14-19,9-12-22)21-17(23)16(20)13-15-6-4-3-5-7-15;;/h15-16H,2-13,20H2,1H3,(H,21,23);2*1H. The van der Waals surface area contributed by atoms with Gasteiger partial charge >= 0.3 is 0 Å². The van der Waals surface area contributed by atoms with Crippen LogP contribution < -0.4 is 11.1 Å². The number of carbonyl (C=O) groups is 1. The van der Waals surface area contributed by atoms with E-state index in [4.69, 9.17) is 5.73 Å². The molecule has 0 spiro atoms. The first-order valence-electron chi connectivity index (χ1n) is 9.30. The average Bonchev–Trinajstić information content (AvgIpc) is 2.58. The summed E-state index contributed by atoms with van der Waals surface area (Å²) in [7, 11) is 0. The molecule has 1 aliphatic carbocycles. The summed E-state index contributed by atoms with van der Waals surface area (Å²) in [5.41, 5.74) is 5.41. The van der Waals surface area contributed by atoms with Crippen LogP contribution in [0.3, 0.4) is 0 Å². The monoisotopic (exact) mass is 392 g/mol. The molecule has 0 radical (unpaired) electrons. The molecule has 1 heterocycles. The number of likely N-dealkylation sites (tertiary alicyclic amines) is 1. The minimum Gasteiger partial charge on any atom is -0.336 e. The van der Waals surface area contributed by atoms with E-state index in [1.807, 2.05) is 0 Å². The molecule has 25 heavy (non-hydrogen) atoms. The summed E-state index contributed by atoms with van der Waals surface area (Å²) < 4.78 is 0. The number of nitrogens with zero attached hydrogens (tertiary/aromatic N) is 2. The fourth-order valence-corrected chi connectivity index (χ4v) is 3.96. The lowest BCUT2D eigenvalue weighted by molar-refractivity contribution is -0.124. The molecular weight excluding hydrogens is 359 g/mol. The molecule has 1 unspecified atom stereocenters. The third-order valence-corrected chi connectivity index (χ3v) is 5.47. The smallest absolute Gasteiger partial charge is 0.238 e. The van der Waals surface area contributed by atoms with Crippen LogP contribution in [0.4, 0.5) is 0 Å². The lowest BCUT2D eigenvalue weighted by atomic mass is 9.84. The molecule has 0 aromatic rings. The number of piperidine rings is 1. The van der Waals surface area contributed by atoms with Crippen LogP contribution in [-0.4, -0.2) is 42.0 Å². The normalized spacial score (nSPS) is 22.0. The topological polar surface area (TPSA) is 82.2 Å². The molecule has 2 fully saturated rings. The van der Waals surface area contributed by atoms with Gasteiger partial charge in [-0.1, -0.05) is 39.0 Å². The largest absolute Gasteiger partial charge is 0.336 e. The van der Waals surface area contributed by atoms with Crippen LogP contribution >= 0.6 is 24.8 Å². The number of hydrogen-bond acceptors (Lipinski definition) is 4. The van der Waals surface area contributed by atoms with Gasteiger partial charge in [0.2, 0.25) is 5.91 Å². The minimum absolute atomic E-state index is 0. The molecule has 146 valence electrons. The molecule has 1 atom stereocenters. The second-order valence-corrected chi connectivity index (χ2v) is 7.37. The molecule has 1 saturated heterocycles. The Bertz CT molecular complexity index is 427. The van der Waals surface area contributed by atoms with Crippen LogP contribution in [0.25, 0.3) is 0 Å². The van der Waals surface area contributed by atoms with Gasteiger partial charge in [0.15, 0.2) is 0 Å². The quantitative estimate of drug-likeness (QED) is 0.727. The van der Waals surface area contributed by atoms with Gasteiger partial charge in [0.1, 0.15) is 5.54 Å². The lowest BCUT2D eigenvalue weighted by Crippen LogP contribution is -2.57. The third kappa shape index (κ3) is 7.30. The van der Waals surface area contributed by atoms with Crippen molar-refractivity contribution < 1.29 is 4.79 Å². The van der Waals surface area contributed by atoms with Crippen LogP contribution in [0.5, 0.6) is 0 Å². The number of nitriles is 1. The van der Waals surface area contributed by atoms with E-state index in [2.05, 4.69) is 23.2 Å². The molecular formula is C18H34Cl2N4O. The maximum Gasteiger partial charge on any atom is 0.238 e. The third-order valence-electron chi connectivity index (χ3n) is 5.47. The molecule has 1 amide bonds. The van der Waals surface area contributed by atoms with E-state index in [0.29, 0.717) is 18.8 Å². The summed E-state index contributed by atoms with van der Waals surface area (Å²) in [6.07, 6.45) is 9.49. The van der Waals surface area contributed by atoms with Crippen molar-refractivity contribution in [3.05, 3.63) is 0 Å². The fourth-order valence-electron chi connectivity index (χ4n) is 3.96. The van der Waals surface area contributed by atoms with Crippen LogP contribution in [0.15, 0.2) is 0 Å². The molecule has 5 nitrogen and oxygen atoms in total. The van der Waals surface area contributed by atoms with Gasteiger partial charge in [0, 0.05) is 13.1 Å². The van der Waals surface area contributed by atoms with Crippen molar-refractivity contribution in [2.24, 2.45) is 11.7 Å². The number of rotatable bonds is 6. The van der Waals surface area contributed by atoms with Crippen molar-refractivity contribution in [1.29, 1.82) is 5.26 Å². The van der Waals surface area contributed by atoms with E-state index in [1.54, 1.807) is 0 Å². The van der Waals surface area contributed by atoms with Gasteiger partial charge in [-0.05, 0) is 38.1 Å². The second-order valence-electron chi connectivity index (χ2n) is 7.37. The number of halogens is 2. The van der Waals surface area contributed by atoms with E-state index in [0.717, 1.165) is 32.5 Å². The Hall–Kier alpha value is -0.540. The number of carbonyl (C=O) groups excluding carboxylic acids is 1. The highest BCUT2D eigenvalue weighted by molar-refractivity contribution is 5.85. The van der Waals surface area contributed by atoms with E-state index < -0.39 is 11.6 Å². The van der Waals surface area contributed by atoms with Crippen molar-refractivity contribution in [1.82, 2.24) is 10.2 Å². The van der Waals surface area contributed by atoms with Crippen molar-refractivity contribution in [2.75, 3.05) is 19.6 Å². The highest BCUT2D eigenvalue weighted by atomic mass is 35.5. The first-order chi connectivity index (χ1) is 11.1. The van der Waals surface area contributed by atoms with Gasteiger partial charge in [-0.2, -0.15) is 5.26 Å². The maximum atomic E-state index is 12.5. The van der Waals surface area contributed by atoms with E-state index in [1.165, 1.54) is 32.1 Å². The second kappa shape index (κ2) is 12.0. The molecule has 1 aliphatic heterocycles. The minimum atomic E-state index is -0.717. The van der Waals surface area contributed by atoms with Crippen LogP contribution in [0.2, 0.25) is 0 Å². The van der Waals surface area contributed by atoms with Crippen molar-refractivity contribution >= 4 is 30.7 Å². The Kier molecular flexibility index (Phi) is 11.7. The first-order valence-corrected chi connectivity index (χ1v) is 9.30. The maximum absolute atomic E-state index is 12.5. The van der Waals surface area contributed by atoms with Crippen molar-refractivity contribution in [2.45, 2.75) is 76.3 Å².